The zero-order valence-corrected chi connectivity index (χ0v) is 17.2. The molecule has 0 N–H and O–H groups in total. The van der Waals surface area contributed by atoms with E-state index in [-0.39, 0.29) is 5.91 Å². The smallest absolute Gasteiger partial charge is 0.265 e. The first-order chi connectivity index (χ1) is 13.6. The minimum absolute atomic E-state index is 0.0934. The van der Waals surface area contributed by atoms with Crippen LogP contribution in [0.15, 0.2) is 41.8 Å². The van der Waals surface area contributed by atoms with Crippen LogP contribution in [0.2, 0.25) is 0 Å². The number of aryl methyl sites for hydroxylation is 1. The predicted molar refractivity (Wildman–Crippen MR) is 113 cm³/mol. The van der Waals surface area contributed by atoms with E-state index in [4.69, 9.17) is 5.26 Å². The summed E-state index contributed by atoms with van der Waals surface area (Å²) in [5, 5.41) is 11.9. The van der Waals surface area contributed by atoms with Crippen molar-refractivity contribution in [2.24, 2.45) is 0 Å². The van der Waals surface area contributed by atoms with Gasteiger partial charge in [0.1, 0.15) is 9.88 Å². The SMILES string of the molecule is Cc1nc(-c2cccs2)sc1C(=O)N1CCN(Cc2ccc(C#N)cc2)CC1. The molecule has 1 amide bonds. The third-order valence-electron chi connectivity index (χ3n) is 4.87. The van der Waals surface area contributed by atoms with Crippen molar-refractivity contribution in [2.75, 3.05) is 26.2 Å². The number of piperazine rings is 1. The van der Waals surface area contributed by atoms with Crippen molar-refractivity contribution in [3.63, 3.8) is 0 Å². The van der Waals surface area contributed by atoms with Gasteiger partial charge in [0.15, 0.2) is 0 Å². The Bertz CT molecular complexity index is 994. The van der Waals surface area contributed by atoms with Crippen molar-refractivity contribution in [1.29, 1.82) is 5.26 Å². The van der Waals surface area contributed by atoms with Crippen molar-refractivity contribution in [3.05, 3.63) is 63.5 Å². The first-order valence-electron chi connectivity index (χ1n) is 9.16. The molecule has 0 radical (unpaired) electrons. The molecular weight excluding hydrogens is 388 g/mol. The van der Waals surface area contributed by atoms with E-state index in [9.17, 15) is 4.79 Å². The highest BCUT2D eigenvalue weighted by Gasteiger charge is 2.25. The van der Waals surface area contributed by atoms with Crippen molar-refractivity contribution in [3.8, 4) is 16.0 Å². The monoisotopic (exact) mass is 408 g/mol. The number of thiophene rings is 1. The molecule has 28 heavy (non-hydrogen) atoms. The van der Waals surface area contributed by atoms with Gasteiger partial charge >= 0.3 is 0 Å². The molecule has 0 unspecified atom stereocenters. The standard InChI is InChI=1S/C21H20N4OS2/c1-15-19(28-20(23-15)18-3-2-12-27-18)21(26)25-10-8-24(9-11-25)14-17-6-4-16(13-22)5-7-17/h2-7,12H,8-11,14H2,1H3. The largest absolute Gasteiger partial charge is 0.335 e. The second kappa shape index (κ2) is 8.23. The van der Waals surface area contributed by atoms with Gasteiger partial charge in [-0.2, -0.15) is 5.26 Å². The second-order valence-corrected chi connectivity index (χ2v) is 8.73. The highest BCUT2D eigenvalue weighted by molar-refractivity contribution is 7.22. The maximum atomic E-state index is 13.0. The van der Waals surface area contributed by atoms with Crippen LogP contribution in [0.1, 0.15) is 26.5 Å². The van der Waals surface area contributed by atoms with Crippen LogP contribution in [0.4, 0.5) is 0 Å². The molecule has 0 bridgehead atoms. The average molecular weight is 409 g/mol. The molecule has 0 aliphatic carbocycles. The summed E-state index contributed by atoms with van der Waals surface area (Å²) in [7, 11) is 0. The molecule has 1 fully saturated rings. The summed E-state index contributed by atoms with van der Waals surface area (Å²) in [5.74, 6) is 0.0934. The number of nitriles is 1. The molecule has 1 aliphatic heterocycles. The molecule has 0 saturated carbocycles. The number of thiazole rings is 1. The molecule has 1 saturated heterocycles. The highest BCUT2D eigenvalue weighted by atomic mass is 32.1. The molecule has 142 valence electrons. The first kappa shape index (κ1) is 18.8. The first-order valence-corrected chi connectivity index (χ1v) is 10.9. The normalized spacial score (nSPS) is 14.8. The Morgan fingerprint density at radius 3 is 2.57 bits per heavy atom. The Morgan fingerprint density at radius 1 is 1.18 bits per heavy atom. The van der Waals surface area contributed by atoms with Gasteiger partial charge in [0, 0.05) is 32.7 Å². The number of benzene rings is 1. The lowest BCUT2D eigenvalue weighted by molar-refractivity contribution is 0.0632. The molecule has 1 aromatic carbocycles. The number of hydrogen-bond acceptors (Lipinski definition) is 6. The number of carbonyl (C=O) groups excluding carboxylic acids is 1. The zero-order valence-electron chi connectivity index (χ0n) is 15.6. The van der Waals surface area contributed by atoms with Gasteiger partial charge in [-0.1, -0.05) is 18.2 Å². The van der Waals surface area contributed by atoms with Crippen molar-refractivity contribution in [1.82, 2.24) is 14.8 Å². The topological polar surface area (TPSA) is 60.2 Å². The fourth-order valence-corrected chi connectivity index (χ4v) is 5.13. The van der Waals surface area contributed by atoms with E-state index in [1.807, 2.05) is 53.6 Å². The fourth-order valence-electron chi connectivity index (χ4n) is 3.30. The van der Waals surface area contributed by atoms with E-state index in [0.29, 0.717) is 5.56 Å². The molecule has 0 atom stereocenters. The van der Waals surface area contributed by atoms with E-state index in [2.05, 4.69) is 16.0 Å². The molecule has 0 spiro atoms. The van der Waals surface area contributed by atoms with Gasteiger partial charge in [-0.05, 0) is 36.1 Å². The molecule has 5 nitrogen and oxygen atoms in total. The van der Waals surface area contributed by atoms with Gasteiger partial charge in [0.05, 0.1) is 22.2 Å². The van der Waals surface area contributed by atoms with E-state index in [1.54, 1.807) is 11.3 Å². The Balaban J connectivity index is 1.37. The van der Waals surface area contributed by atoms with Gasteiger partial charge in [-0.25, -0.2) is 4.98 Å². The Labute approximate surface area is 172 Å². The van der Waals surface area contributed by atoms with Gasteiger partial charge in [0.25, 0.3) is 5.91 Å². The zero-order chi connectivity index (χ0) is 19.5. The lowest BCUT2D eigenvalue weighted by atomic mass is 10.1. The van der Waals surface area contributed by atoms with Gasteiger partial charge in [-0.15, -0.1) is 22.7 Å². The number of rotatable bonds is 4. The number of nitrogens with zero attached hydrogens (tertiary/aromatic N) is 4. The van der Waals surface area contributed by atoms with E-state index in [1.165, 1.54) is 16.9 Å². The van der Waals surface area contributed by atoms with Crippen LogP contribution >= 0.6 is 22.7 Å². The maximum absolute atomic E-state index is 13.0. The minimum Gasteiger partial charge on any atom is -0.335 e. The summed E-state index contributed by atoms with van der Waals surface area (Å²) in [4.78, 5) is 23.7. The van der Waals surface area contributed by atoms with Gasteiger partial charge < -0.3 is 4.90 Å². The van der Waals surface area contributed by atoms with Crippen molar-refractivity contribution in [2.45, 2.75) is 13.5 Å². The van der Waals surface area contributed by atoms with Crippen LogP contribution in [-0.4, -0.2) is 46.9 Å². The summed E-state index contributed by atoms with van der Waals surface area (Å²) in [5.41, 5.74) is 2.69. The molecule has 4 rings (SSSR count). The summed E-state index contributed by atoms with van der Waals surface area (Å²) in [6.45, 7) is 5.90. The van der Waals surface area contributed by atoms with Crippen LogP contribution in [0.5, 0.6) is 0 Å². The van der Waals surface area contributed by atoms with Crippen molar-refractivity contribution < 1.29 is 4.79 Å². The third-order valence-corrected chi connectivity index (χ3v) is 7.06. The van der Waals surface area contributed by atoms with Crippen molar-refractivity contribution >= 4 is 28.6 Å². The van der Waals surface area contributed by atoms with E-state index in [0.717, 1.165) is 53.2 Å². The third kappa shape index (κ3) is 3.99. The van der Waals surface area contributed by atoms with Crippen LogP contribution in [0.3, 0.4) is 0 Å². The minimum atomic E-state index is 0.0934. The van der Waals surface area contributed by atoms with E-state index < -0.39 is 0 Å². The fraction of sp³-hybridized carbons (Fsp3) is 0.286. The van der Waals surface area contributed by atoms with Crippen LogP contribution < -0.4 is 0 Å². The molecular formula is C21H20N4OS2. The van der Waals surface area contributed by atoms with Crippen LogP contribution in [-0.2, 0) is 6.54 Å². The van der Waals surface area contributed by atoms with Gasteiger partial charge in [0.2, 0.25) is 0 Å². The molecule has 1 aliphatic rings. The van der Waals surface area contributed by atoms with Gasteiger partial charge in [-0.3, -0.25) is 9.69 Å². The van der Waals surface area contributed by atoms with E-state index >= 15 is 0 Å². The lowest BCUT2D eigenvalue weighted by Crippen LogP contribution is -2.48. The number of hydrogen-bond donors (Lipinski definition) is 0. The Hall–Kier alpha value is -2.53. The Morgan fingerprint density at radius 2 is 1.93 bits per heavy atom. The predicted octanol–water partition coefficient (Wildman–Crippen LogP) is 4.01. The summed E-state index contributed by atoms with van der Waals surface area (Å²) in [6.07, 6.45) is 0. The maximum Gasteiger partial charge on any atom is 0.265 e. The lowest BCUT2D eigenvalue weighted by Gasteiger charge is -2.34. The number of aromatic nitrogens is 1. The average Bonchev–Trinajstić information content (AvgIpc) is 3.38. The summed E-state index contributed by atoms with van der Waals surface area (Å²) >= 11 is 3.14. The van der Waals surface area contributed by atoms with Crippen LogP contribution in [0, 0.1) is 18.3 Å². The second-order valence-electron chi connectivity index (χ2n) is 6.79. The summed E-state index contributed by atoms with van der Waals surface area (Å²) < 4.78 is 0. The summed E-state index contributed by atoms with van der Waals surface area (Å²) in [6, 6.07) is 13.9. The molecule has 7 heteroatoms. The van der Waals surface area contributed by atoms with Crippen LogP contribution in [0.25, 0.3) is 9.88 Å². The number of carbonyl (C=O) groups is 1. The highest BCUT2D eigenvalue weighted by Crippen LogP contribution is 2.31. The molecule has 3 aromatic rings. The quantitative estimate of drug-likeness (QED) is 0.654. The number of amides is 1. The Kier molecular flexibility index (Phi) is 5.53. The molecule has 3 heterocycles. The molecule has 2 aromatic heterocycles.